The summed E-state index contributed by atoms with van der Waals surface area (Å²) in [6, 6.07) is 5.40. The molecule has 100 valence electrons. The maximum Gasteiger partial charge on any atom is 0.256 e. The summed E-state index contributed by atoms with van der Waals surface area (Å²) in [4.78, 5) is 3.79. The van der Waals surface area contributed by atoms with Gasteiger partial charge in [-0.2, -0.15) is 0 Å². The zero-order valence-electron chi connectivity index (χ0n) is 10.1. The quantitative estimate of drug-likeness (QED) is 0.933. The van der Waals surface area contributed by atoms with Crippen LogP contribution in [-0.2, 0) is 6.54 Å². The number of benzene rings is 1. The molecule has 2 aromatic rings. The second-order valence-electron chi connectivity index (χ2n) is 3.80. The van der Waals surface area contributed by atoms with Crippen molar-refractivity contribution < 1.29 is 13.5 Å². The van der Waals surface area contributed by atoms with E-state index in [1.807, 2.05) is 0 Å². The Kier molecular flexibility index (Phi) is 4.29. The van der Waals surface area contributed by atoms with Crippen molar-refractivity contribution >= 4 is 11.6 Å². The second kappa shape index (κ2) is 5.95. The summed E-state index contributed by atoms with van der Waals surface area (Å²) < 4.78 is 32.4. The predicted molar refractivity (Wildman–Crippen MR) is 68.4 cm³/mol. The van der Waals surface area contributed by atoms with Crippen LogP contribution in [0.5, 0.6) is 11.6 Å². The van der Waals surface area contributed by atoms with Crippen molar-refractivity contribution in [2.75, 3.05) is 7.05 Å². The van der Waals surface area contributed by atoms with E-state index in [4.69, 9.17) is 16.3 Å². The van der Waals surface area contributed by atoms with Crippen LogP contribution in [0.4, 0.5) is 8.78 Å². The van der Waals surface area contributed by atoms with Crippen LogP contribution in [0.3, 0.4) is 0 Å². The van der Waals surface area contributed by atoms with Crippen LogP contribution in [0.2, 0.25) is 5.02 Å². The van der Waals surface area contributed by atoms with Crippen LogP contribution in [0.1, 0.15) is 5.56 Å². The minimum atomic E-state index is -0.633. The van der Waals surface area contributed by atoms with Gasteiger partial charge in [0.1, 0.15) is 11.6 Å². The Morgan fingerprint density at radius 3 is 2.79 bits per heavy atom. The third kappa shape index (κ3) is 3.19. The number of rotatable bonds is 4. The molecule has 0 atom stereocenters. The second-order valence-corrected chi connectivity index (χ2v) is 4.20. The maximum atomic E-state index is 14.0. The Morgan fingerprint density at radius 2 is 2.11 bits per heavy atom. The van der Waals surface area contributed by atoms with Gasteiger partial charge in [-0.05, 0) is 25.2 Å². The first-order valence-corrected chi connectivity index (χ1v) is 5.90. The molecular formula is C13H11ClF2N2O. The molecule has 0 spiro atoms. The van der Waals surface area contributed by atoms with Gasteiger partial charge in [-0.25, -0.2) is 13.8 Å². The molecule has 6 heteroatoms. The van der Waals surface area contributed by atoms with Crippen LogP contribution in [0, 0.1) is 11.6 Å². The fourth-order valence-corrected chi connectivity index (χ4v) is 1.63. The first-order valence-electron chi connectivity index (χ1n) is 5.52. The summed E-state index contributed by atoms with van der Waals surface area (Å²) in [5, 5.41) is 2.81. The van der Waals surface area contributed by atoms with Crippen LogP contribution in [-0.4, -0.2) is 12.0 Å². The average molecular weight is 285 g/mol. The number of halogens is 3. The highest BCUT2D eigenvalue weighted by Crippen LogP contribution is 2.26. The highest BCUT2D eigenvalue weighted by molar-refractivity contribution is 6.30. The van der Waals surface area contributed by atoms with Crippen molar-refractivity contribution in [3.8, 4) is 11.6 Å². The number of hydrogen-bond acceptors (Lipinski definition) is 3. The van der Waals surface area contributed by atoms with Gasteiger partial charge in [0.2, 0.25) is 0 Å². The molecule has 0 aliphatic carbocycles. The van der Waals surface area contributed by atoms with E-state index in [2.05, 4.69) is 10.3 Å². The summed E-state index contributed by atoms with van der Waals surface area (Å²) >= 11 is 5.55. The third-order valence-electron chi connectivity index (χ3n) is 2.41. The topological polar surface area (TPSA) is 34.2 Å². The SMILES string of the molecule is CNCc1ccnc(Oc2ccc(Cl)c(F)c2)c1F. The fraction of sp³-hybridized carbons (Fsp3) is 0.154. The number of ether oxygens (including phenoxy) is 1. The Hall–Kier alpha value is -1.72. The van der Waals surface area contributed by atoms with Crippen LogP contribution in [0.15, 0.2) is 30.5 Å². The summed E-state index contributed by atoms with van der Waals surface area (Å²) in [5.41, 5.74) is 0.418. The van der Waals surface area contributed by atoms with E-state index in [0.29, 0.717) is 12.1 Å². The molecule has 1 aromatic heterocycles. The molecule has 0 bridgehead atoms. The van der Waals surface area contributed by atoms with Gasteiger partial charge in [0.15, 0.2) is 5.82 Å². The molecule has 1 aromatic carbocycles. The Labute approximate surface area is 114 Å². The number of pyridine rings is 1. The largest absolute Gasteiger partial charge is 0.436 e. The first kappa shape index (κ1) is 13.7. The van der Waals surface area contributed by atoms with Gasteiger partial charge in [-0.3, -0.25) is 0 Å². The molecule has 3 nitrogen and oxygen atoms in total. The molecule has 0 saturated carbocycles. The average Bonchev–Trinajstić information content (AvgIpc) is 2.39. The van der Waals surface area contributed by atoms with E-state index in [-0.39, 0.29) is 16.7 Å². The fourth-order valence-electron chi connectivity index (χ4n) is 1.51. The number of hydrogen-bond donors (Lipinski definition) is 1. The molecular weight excluding hydrogens is 274 g/mol. The zero-order valence-corrected chi connectivity index (χ0v) is 10.8. The standard InChI is InChI=1S/C13H11ClF2N2O/c1-17-7-8-4-5-18-13(12(8)16)19-9-2-3-10(14)11(15)6-9/h2-6,17H,7H2,1H3. The van der Waals surface area contributed by atoms with E-state index in [9.17, 15) is 8.78 Å². The van der Waals surface area contributed by atoms with Gasteiger partial charge in [0.05, 0.1) is 5.02 Å². The molecule has 0 aliphatic rings. The van der Waals surface area contributed by atoms with Gasteiger partial charge in [-0.15, -0.1) is 0 Å². The smallest absolute Gasteiger partial charge is 0.256 e. The summed E-state index contributed by atoms with van der Waals surface area (Å²) in [6.45, 7) is 0.347. The van der Waals surface area contributed by atoms with Crippen LogP contribution < -0.4 is 10.1 Å². The first-order chi connectivity index (χ1) is 9.11. The predicted octanol–water partition coefficient (Wildman–Crippen LogP) is 3.52. The van der Waals surface area contributed by atoms with Crippen molar-refractivity contribution in [3.05, 3.63) is 52.7 Å². The van der Waals surface area contributed by atoms with E-state index in [0.717, 1.165) is 6.07 Å². The Morgan fingerprint density at radius 1 is 1.32 bits per heavy atom. The van der Waals surface area contributed by atoms with E-state index < -0.39 is 11.6 Å². The zero-order chi connectivity index (χ0) is 13.8. The normalized spacial score (nSPS) is 10.5. The van der Waals surface area contributed by atoms with Gasteiger partial charge >= 0.3 is 0 Å². The Bertz CT molecular complexity index is 593. The monoisotopic (exact) mass is 284 g/mol. The van der Waals surface area contributed by atoms with E-state index in [1.54, 1.807) is 13.1 Å². The minimum Gasteiger partial charge on any atom is -0.436 e. The molecule has 2 rings (SSSR count). The third-order valence-corrected chi connectivity index (χ3v) is 2.72. The van der Waals surface area contributed by atoms with Gasteiger partial charge in [0, 0.05) is 24.4 Å². The summed E-state index contributed by atoms with van der Waals surface area (Å²) in [7, 11) is 1.70. The number of nitrogens with one attached hydrogen (secondary N) is 1. The van der Waals surface area contributed by atoms with Gasteiger partial charge < -0.3 is 10.1 Å². The lowest BCUT2D eigenvalue weighted by Crippen LogP contribution is -2.08. The molecule has 0 aliphatic heterocycles. The minimum absolute atomic E-state index is 0.0234. The highest BCUT2D eigenvalue weighted by atomic mass is 35.5. The van der Waals surface area contributed by atoms with E-state index >= 15 is 0 Å². The molecule has 0 saturated heterocycles. The maximum absolute atomic E-state index is 14.0. The lowest BCUT2D eigenvalue weighted by Gasteiger charge is -2.08. The summed E-state index contributed by atoms with van der Waals surface area (Å²) in [5.74, 6) is -1.28. The Balaban J connectivity index is 2.27. The molecule has 1 N–H and O–H groups in total. The number of nitrogens with zero attached hydrogens (tertiary/aromatic N) is 1. The lowest BCUT2D eigenvalue weighted by molar-refractivity contribution is 0.415. The van der Waals surface area contributed by atoms with Crippen LogP contribution >= 0.6 is 11.6 Å². The van der Waals surface area contributed by atoms with Crippen molar-refractivity contribution in [3.63, 3.8) is 0 Å². The highest BCUT2D eigenvalue weighted by Gasteiger charge is 2.12. The molecule has 0 amide bonds. The molecule has 0 unspecified atom stereocenters. The molecule has 0 radical (unpaired) electrons. The summed E-state index contributed by atoms with van der Waals surface area (Å²) in [6.07, 6.45) is 1.43. The number of aromatic nitrogens is 1. The van der Waals surface area contributed by atoms with Gasteiger partial charge in [-0.1, -0.05) is 11.6 Å². The molecule has 19 heavy (non-hydrogen) atoms. The van der Waals surface area contributed by atoms with Gasteiger partial charge in [0.25, 0.3) is 5.88 Å². The van der Waals surface area contributed by atoms with Crippen molar-refractivity contribution in [1.82, 2.24) is 10.3 Å². The van der Waals surface area contributed by atoms with Crippen LogP contribution in [0.25, 0.3) is 0 Å². The van der Waals surface area contributed by atoms with Crippen molar-refractivity contribution in [2.45, 2.75) is 6.54 Å². The molecule has 0 fully saturated rings. The van der Waals surface area contributed by atoms with Crippen molar-refractivity contribution in [1.29, 1.82) is 0 Å². The molecule has 1 heterocycles. The van der Waals surface area contributed by atoms with Crippen molar-refractivity contribution in [2.24, 2.45) is 0 Å². The lowest BCUT2D eigenvalue weighted by atomic mass is 10.2. The van der Waals surface area contributed by atoms with E-state index in [1.165, 1.54) is 18.3 Å².